The second-order valence-electron chi connectivity index (χ2n) is 7.57. The summed E-state index contributed by atoms with van der Waals surface area (Å²) in [7, 11) is -3.81. The van der Waals surface area contributed by atoms with E-state index < -0.39 is 22.0 Å². The summed E-state index contributed by atoms with van der Waals surface area (Å²) in [5.41, 5.74) is 4.23. The number of carbonyl (C=O) groups is 2. The van der Waals surface area contributed by atoms with Crippen molar-refractivity contribution in [1.29, 1.82) is 0 Å². The summed E-state index contributed by atoms with van der Waals surface area (Å²) >= 11 is 0. The molecule has 2 aromatic carbocycles. The summed E-state index contributed by atoms with van der Waals surface area (Å²) in [4.78, 5) is 26.7. The topological polar surface area (TPSA) is 164 Å². The van der Waals surface area contributed by atoms with E-state index in [1.165, 1.54) is 24.3 Å². The third-order valence-electron chi connectivity index (χ3n) is 5.20. The SMILES string of the molecule is NS(=O)(=O)c1ccc(NN=C2C(=O)Nc3ccc(OC(=O)NCCN4CCOCC4)cc32)cc1. The second-order valence-corrected chi connectivity index (χ2v) is 9.13. The maximum Gasteiger partial charge on any atom is 0.412 e. The number of nitrogens with zero attached hydrogens (tertiary/aromatic N) is 2. The number of hydrogen-bond donors (Lipinski definition) is 4. The van der Waals surface area contributed by atoms with Crippen LogP contribution in [0.15, 0.2) is 52.5 Å². The Hall–Kier alpha value is -3.52. The van der Waals surface area contributed by atoms with Crippen LogP contribution in [-0.2, 0) is 19.6 Å². The predicted octanol–water partition coefficient (Wildman–Crippen LogP) is 0.523. The minimum absolute atomic E-state index is 0.0420. The summed E-state index contributed by atoms with van der Waals surface area (Å²) < 4.78 is 33.4. The summed E-state index contributed by atoms with van der Waals surface area (Å²) in [6, 6.07) is 10.3. The van der Waals surface area contributed by atoms with Crippen LogP contribution in [-0.4, -0.2) is 70.4 Å². The molecule has 1 saturated heterocycles. The number of amides is 2. The molecule has 0 aliphatic carbocycles. The van der Waals surface area contributed by atoms with E-state index in [9.17, 15) is 18.0 Å². The zero-order valence-electron chi connectivity index (χ0n) is 18.1. The number of nitrogens with one attached hydrogen (secondary N) is 3. The van der Waals surface area contributed by atoms with Crippen molar-refractivity contribution in [3.8, 4) is 5.75 Å². The van der Waals surface area contributed by atoms with Gasteiger partial charge in [0.15, 0.2) is 5.71 Å². The minimum atomic E-state index is -3.81. The van der Waals surface area contributed by atoms with Gasteiger partial charge in [-0.05, 0) is 42.5 Å². The molecule has 1 fully saturated rings. The number of benzene rings is 2. The number of rotatable bonds is 7. The number of sulfonamides is 1. The largest absolute Gasteiger partial charge is 0.412 e. The molecule has 2 aliphatic rings. The van der Waals surface area contributed by atoms with Gasteiger partial charge in [0.25, 0.3) is 5.91 Å². The van der Waals surface area contributed by atoms with Gasteiger partial charge in [0.1, 0.15) is 5.75 Å². The predicted molar refractivity (Wildman–Crippen MR) is 124 cm³/mol. The fourth-order valence-corrected chi connectivity index (χ4v) is 3.95. The maximum atomic E-state index is 12.4. The van der Waals surface area contributed by atoms with Crippen molar-refractivity contribution < 1.29 is 27.5 Å². The lowest BCUT2D eigenvalue weighted by atomic mass is 10.1. The molecule has 5 N–H and O–H groups in total. The van der Waals surface area contributed by atoms with Crippen LogP contribution >= 0.6 is 0 Å². The van der Waals surface area contributed by atoms with E-state index in [-0.39, 0.29) is 16.4 Å². The molecule has 2 heterocycles. The molecule has 0 unspecified atom stereocenters. The molecule has 0 radical (unpaired) electrons. The van der Waals surface area contributed by atoms with Gasteiger partial charge in [-0.3, -0.25) is 15.1 Å². The molecule has 0 atom stereocenters. The molecule has 4 rings (SSSR count). The van der Waals surface area contributed by atoms with Crippen LogP contribution in [0.3, 0.4) is 0 Å². The van der Waals surface area contributed by atoms with E-state index in [1.54, 1.807) is 18.2 Å². The van der Waals surface area contributed by atoms with E-state index in [4.69, 9.17) is 14.6 Å². The molecule has 180 valence electrons. The first-order valence-corrected chi connectivity index (χ1v) is 12.0. The molecular weight excluding hydrogens is 464 g/mol. The van der Waals surface area contributed by atoms with Crippen molar-refractivity contribution in [2.24, 2.45) is 10.2 Å². The van der Waals surface area contributed by atoms with Crippen LogP contribution in [0.5, 0.6) is 5.75 Å². The Morgan fingerprint density at radius 2 is 1.91 bits per heavy atom. The van der Waals surface area contributed by atoms with E-state index in [2.05, 4.69) is 26.1 Å². The summed E-state index contributed by atoms with van der Waals surface area (Å²) in [5.74, 6) is -0.180. The Morgan fingerprint density at radius 3 is 2.62 bits per heavy atom. The molecule has 0 bridgehead atoms. The van der Waals surface area contributed by atoms with Crippen LogP contribution in [0, 0.1) is 0 Å². The molecule has 2 aliphatic heterocycles. The van der Waals surface area contributed by atoms with Gasteiger partial charge in [-0.15, -0.1) is 0 Å². The highest BCUT2D eigenvalue weighted by atomic mass is 32.2. The second kappa shape index (κ2) is 10.2. The number of fused-ring (bicyclic) bond motifs is 1. The Bertz CT molecular complexity index is 1210. The summed E-state index contributed by atoms with van der Waals surface area (Å²) in [6.45, 7) is 4.16. The Kier molecular flexibility index (Phi) is 7.07. The van der Waals surface area contributed by atoms with Crippen molar-refractivity contribution in [2.45, 2.75) is 4.90 Å². The van der Waals surface area contributed by atoms with Crippen LogP contribution in [0.4, 0.5) is 16.2 Å². The monoisotopic (exact) mass is 488 g/mol. The highest BCUT2D eigenvalue weighted by Gasteiger charge is 2.27. The van der Waals surface area contributed by atoms with Crippen molar-refractivity contribution in [3.05, 3.63) is 48.0 Å². The lowest BCUT2D eigenvalue weighted by molar-refractivity contribution is -0.110. The van der Waals surface area contributed by atoms with Crippen molar-refractivity contribution in [3.63, 3.8) is 0 Å². The van der Waals surface area contributed by atoms with Crippen molar-refractivity contribution in [2.75, 3.05) is 50.1 Å². The third-order valence-corrected chi connectivity index (χ3v) is 6.13. The molecule has 0 saturated carbocycles. The number of primary sulfonamides is 1. The van der Waals surface area contributed by atoms with Crippen LogP contribution in [0.1, 0.15) is 5.56 Å². The van der Waals surface area contributed by atoms with Gasteiger partial charge in [0.2, 0.25) is 10.0 Å². The van der Waals surface area contributed by atoms with Gasteiger partial charge in [-0.1, -0.05) is 0 Å². The van der Waals surface area contributed by atoms with Crippen molar-refractivity contribution >= 4 is 39.1 Å². The normalized spacial score (nSPS) is 17.2. The fourth-order valence-electron chi connectivity index (χ4n) is 3.43. The smallest absolute Gasteiger partial charge is 0.410 e. The first-order valence-electron chi connectivity index (χ1n) is 10.5. The first kappa shape index (κ1) is 23.6. The molecule has 0 spiro atoms. The molecule has 13 heteroatoms. The van der Waals surface area contributed by atoms with E-state index in [0.717, 1.165) is 13.1 Å². The molecule has 0 aromatic heterocycles. The zero-order valence-corrected chi connectivity index (χ0v) is 18.9. The highest BCUT2D eigenvalue weighted by molar-refractivity contribution is 7.89. The fraction of sp³-hybridized carbons (Fsp3) is 0.286. The lowest BCUT2D eigenvalue weighted by Crippen LogP contribution is -2.41. The highest BCUT2D eigenvalue weighted by Crippen LogP contribution is 2.28. The molecular formula is C21H24N6O6S. The standard InChI is InChI=1S/C21H24N6O6S/c22-34(30,31)16-4-1-14(2-5-16)25-26-19-17-13-15(3-6-18(17)24-20(19)28)33-21(29)23-7-8-27-9-11-32-12-10-27/h1-6,13,25H,7-12H2,(H,23,29)(H2,22,30,31)(H,24,26,28). The number of ether oxygens (including phenoxy) is 2. The van der Waals surface area contributed by atoms with Gasteiger partial charge in [0.05, 0.1) is 29.5 Å². The third kappa shape index (κ3) is 5.88. The number of anilines is 2. The van der Waals surface area contributed by atoms with Gasteiger partial charge in [-0.25, -0.2) is 18.4 Å². The summed E-state index contributed by atoms with van der Waals surface area (Å²) in [6.07, 6.45) is -0.600. The maximum absolute atomic E-state index is 12.4. The average Bonchev–Trinajstić information content (AvgIpc) is 3.12. The Labute approximate surface area is 196 Å². The molecule has 2 aromatic rings. The number of morpholine rings is 1. The number of nitrogens with two attached hydrogens (primary N) is 1. The van der Waals surface area contributed by atoms with E-state index in [1.807, 2.05) is 0 Å². The van der Waals surface area contributed by atoms with Crippen LogP contribution in [0.2, 0.25) is 0 Å². The summed E-state index contributed by atoms with van der Waals surface area (Å²) in [5, 5.41) is 14.6. The Balaban J connectivity index is 1.38. The first-order chi connectivity index (χ1) is 16.3. The van der Waals surface area contributed by atoms with Gasteiger partial charge >= 0.3 is 6.09 Å². The van der Waals surface area contributed by atoms with Crippen LogP contribution < -0.4 is 25.9 Å². The van der Waals surface area contributed by atoms with Gasteiger partial charge < -0.3 is 20.1 Å². The van der Waals surface area contributed by atoms with Gasteiger partial charge in [-0.2, -0.15) is 5.10 Å². The number of hydrazone groups is 1. The quantitative estimate of drug-likeness (QED) is 0.410. The number of carbonyl (C=O) groups excluding carboxylic acids is 2. The average molecular weight is 489 g/mol. The minimum Gasteiger partial charge on any atom is -0.410 e. The van der Waals surface area contributed by atoms with Crippen molar-refractivity contribution in [1.82, 2.24) is 10.2 Å². The Morgan fingerprint density at radius 1 is 1.18 bits per heavy atom. The molecule has 34 heavy (non-hydrogen) atoms. The van der Waals surface area contributed by atoms with E-state index in [0.29, 0.717) is 43.2 Å². The molecule has 12 nitrogen and oxygen atoms in total. The molecule has 2 amide bonds. The number of hydrogen-bond acceptors (Lipinski definition) is 9. The zero-order chi connectivity index (χ0) is 24.1. The van der Waals surface area contributed by atoms with Crippen LogP contribution in [0.25, 0.3) is 0 Å². The lowest BCUT2D eigenvalue weighted by Gasteiger charge is -2.26. The van der Waals surface area contributed by atoms with E-state index >= 15 is 0 Å². The van der Waals surface area contributed by atoms with Gasteiger partial charge in [0, 0.05) is 31.7 Å².